The maximum atomic E-state index is 12.5. The van der Waals surface area contributed by atoms with Crippen LogP contribution in [0, 0.1) is 0 Å². The van der Waals surface area contributed by atoms with Gasteiger partial charge in [-0.25, -0.2) is 4.98 Å². The third kappa shape index (κ3) is 3.07. The molecule has 1 unspecified atom stereocenters. The van der Waals surface area contributed by atoms with Crippen molar-refractivity contribution in [3.05, 3.63) is 48.0 Å². The minimum Gasteiger partial charge on any atom is -0.385 e. The van der Waals surface area contributed by atoms with Crippen molar-refractivity contribution >= 4 is 11.6 Å². The Labute approximate surface area is 124 Å². The first-order valence-corrected chi connectivity index (χ1v) is 7.36. The molecule has 0 aliphatic carbocycles. The Hall–Kier alpha value is -2.30. The Morgan fingerprint density at radius 3 is 3.24 bits per heavy atom. The summed E-state index contributed by atoms with van der Waals surface area (Å²) in [7, 11) is 0. The molecule has 1 amide bonds. The average Bonchev–Trinajstić information content (AvgIpc) is 2.99. The van der Waals surface area contributed by atoms with Gasteiger partial charge in [0, 0.05) is 42.8 Å². The number of nitrogens with zero attached hydrogens (tertiary/aromatic N) is 2. The molecule has 1 atom stereocenters. The number of hydrogen-bond donors (Lipinski definition) is 2. The lowest BCUT2D eigenvalue weighted by Crippen LogP contribution is -2.36. The summed E-state index contributed by atoms with van der Waals surface area (Å²) in [6, 6.07) is 5.94. The van der Waals surface area contributed by atoms with Crippen LogP contribution in [-0.2, 0) is 13.0 Å². The molecule has 2 N–H and O–H groups in total. The Balaban J connectivity index is 1.70. The molecule has 5 nitrogen and oxygen atoms in total. The summed E-state index contributed by atoms with van der Waals surface area (Å²) < 4.78 is 1.97. The molecule has 110 valence electrons. The van der Waals surface area contributed by atoms with Crippen molar-refractivity contribution in [1.82, 2.24) is 14.9 Å². The predicted octanol–water partition coefficient (Wildman–Crippen LogP) is 2.06. The highest BCUT2D eigenvalue weighted by Gasteiger charge is 2.18. The molecule has 21 heavy (non-hydrogen) atoms. The highest BCUT2D eigenvalue weighted by Crippen LogP contribution is 2.25. The number of amides is 1. The molecule has 1 aromatic heterocycles. The summed E-state index contributed by atoms with van der Waals surface area (Å²) in [5.74, 6) is 0.00293. The minimum absolute atomic E-state index is 0.00293. The largest absolute Gasteiger partial charge is 0.385 e. The average molecular weight is 284 g/mol. The summed E-state index contributed by atoms with van der Waals surface area (Å²) in [6.07, 6.45) is 7.44. The van der Waals surface area contributed by atoms with Gasteiger partial charge in [-0.2, -0.15) is 0 Å². The maximum absolute atomic E-state index is 12.5. The molecule has 1 aliphatic heterocycles. The van der Waals surface area contributed by atoms with E-state index in [0.29, 0.717) is 0 Å². The van der Waals surface area contributed by atoms with Crippen LogP contribution in [0.1, 0.15) is 29.3 Å². The number of imidazole rings is 1. The molecular weight excluding hydrogens is 264 g/mol. The van der Waals surface area contributed by atoms with Crippen molar-refractivity contribution in [3.63, 3.8) is 0 Å². The molecule has 2 aromatic rings. The van der Waals surface area contributed by atoms with Crippen molar-refractivity contribution in [3.8, 4) is 0 Å². The molecule has 0 radical (unpaired) electrons. The van der Waals surface area contributed by atoms with E-state index < -0.39 is 0 Å². The Bertz CT molecular complexity index is 621. The number of carbonyl (C=O) groups excluding carboxylic acids is 1. The van der Waals surface area contributed by atoms with Gasteiger partial charge in [-0.1, -0.05) is 6.07 Å². The van der Waals surface area contributed by atoms with Crippen molar-refractivity contribution in [2.75, 3.05) is 11.9 Å². The molecule has 5 heteroatoms. The van der Waals surface area contributed by atoms with Gasteiger partial charge in [-0.3, -0.25) is 4.79 Å². The normalized spacial score (nSPS) is 14.9. The zero-order valence-corrected chi connectivity index (χ0v) is 12.2. The second-order valence-corrected chi connectivity index (χ2v) is 5.50. The van der Waals surface area contributed by atoms with Crippen LogP contribution in [0.2, 0.25) is 0 Å². The van der Waals surface area contributed by atoms with Gasteiger partial charge >= 0.3 is 0 Å². The van der Waals surface area contributed by atoms with E-state index in [1.807, 2.05) is 35.9 Å². The highest BCUT2D eigenvalue weighted by molar-refractivity contribution is 5.97. The molecule has 0 saturated carbocycles. The lowest BCUT2D eigenvalue weighted by molar-refractivity contribution is 0.0935. The van der Waals surface area contributed by atoms with E-state index in [-0.39, 0.29) is 11.9 Å². The van der Waals surface area contributed by atoms with Gasteiger partial charge in [-0.05, 0) is 37.5 Å². The highest BCUT2D eigenvalue weighted by atomic mass is 16.1. The number of fused-ring (bicyclic) bond motifs is 1. The van der Waals surface area contributed by atoms with Crippen LogP contribution in [-0.4, -0.2) is 28.0 Å². The fraction of sp³-hybridized carbons (Fsp3) is 0.375. The van der Waals surface area contributed by atoms with Crippen LogP contribution in [0.25, 0.3) is 0 Å². The van der Waals surface area contributed by atoms with Gasteiger partial charge in [0.25, 0.3) is 5.91 Å². The first-order chi connectivity index (χ1) is 10.2. The second-order valence-electron chi connectivity index (χ2n) is 5.50. The molecule has 0 saturated heterocycles. The topological polar surface area (TPSA) is 59.0 Å². The van der Waals surface area contributed by atoms with E-state index in [2.05, 4.69) is 15.6 Å². The van der Waals surface area contributed by atoms with E-state index >= 15 is 0 Å². The number of hydrogen-bond acceptors (Lipinski definition) is 3. The standard InChI is InChI=1S/C16H20N4O/c1-12(10-20-9-8-17-11-20)19-16(21)14-4-2-6-15-13(14)5-3-7-18-15/h2,4,6,8-9,11-12,18H,3,5,7,10H2,1H3,(H,19,21). The molecule has 0 fully saturated rings. The number of rotatable bonds is 4. The first kappa shape index (κ1) is 13.7. The number of carbonyl (C=O) groups is 1. The molecule has 3 rings (SSSR count). The monoisotopic (exact) mass is 284 g/mol. The number of aromatic nitrogens is 2. The summed E-state index contributed by atoms with van der Waals surface area (Å²) in [5.41, 5.74) is 3.02. The van der Waals surface area contributed by atoms with Crippen LogP contribution in [0.3, 0.4) is 0 Å². The Morgan fingerprint density at radius 2 is 2.43 bits per heavy atom. The Morgan fingerprint density at radius 1 is 1.52 bits per heavy atom. The molecule has 0 bridgehead atoms. The van der Waals surface area contributed by atoms with Crippen LogP contribution < -0.4 is 10.6 Å². The third-order valence-electron chi connectivity index (χ3n) is 3.76. The quantitative estimate of drug-likeness (QED) is 0.903. The van der Waals surface area contributed by atoms with E-state index in [1.54, 1.807) is 12.5 Å². The minimum atomic E-state index is 0.00293. The summed E-state index contributed by atoms with van der Waals surface area (Å²) in [5, 5.41) is 6.42. The molecule has 1 aromatic carbocycles. The summed E-state index contributed by atoms with van der Waals surface area (Å²) >= 11 is 0. The van der Waals surface area contributed by atoms with Crippen molar-refractivity contribution in [1.29, 1.82) is 0 Å². The van der Waals surface area contributed by atoms with Gasteiger partial charge in [0.15, 0.2) is 0 Å². The van der Waals surface area contributed by atoms with Gasteiger partial charge in [-0.15, -0.1) is 0 Å². The summed E-state index contributed by atoms with van der Waals surface area (Å²) in [4.78, 5) is 16.5. The van der Waals surface area contributed by atoms with E-state index in [0.717, 1.165) is 42.7 Å². The van der Waals surface area contributed by atoms with Crippen molar-refractivity contribution < 1.29 is 4.79 Å². The molecular formula is C16H20N4O. The van der Waals surface area contributed by atoms with E-state index in [4.69, 9.17) is 0 Å². The maximum Gasteiger partial charge on any atom is 0.251 e. The Kier molecular flexibility index (Phi) is 3.90. The fourth-order valence-corrected chi connectivity index (χ4v) is 2.78. The number of nitrogens with one attached hydrogen (secondary N) is 2. The second kappa shape index (κ2) is 5.99. The van der Waals surface area contributed by atoms with Crippen molar-refractivity contribution in [2.45, 2.75) is 32.4 Å². The lowest BCUT2D eigenvalue weighted by atomic mass is 9.97. The zero-order valence-electron chi connectivity index (χ0n) is 12.2. The third-order valence-corrected chi connectivity index (χ3v) is 3.76. The summed E-state index contributed by atoms with van der Waals surface area (Å²) in [6.45, 7) is 3.71. The number of anilines is 1. The van der Waals surface area contributed by atoms with E-state index in [9.17, 15) is 4.79 Å². The SMILES string of the molecule is CC(Cn1ccnc1)NC(=O)c1cccc2c1CCCN2. The predicted molar refractivity (Wildman–Crippen MR) is 82.4 cm³/mol. The van der Waals surface area contributed by atoms with Gasteiger partial charge in [0.2, 0.25) is 0 Å². The van der Waals surface area contributed by atoms with Gasteiger partial charge in [0.05, 0.1) is 6.33 Å². The molecule has 1 aliphatic rings. The lowest BCUT2D eigenvalue weighted by Gasteiger charge is -2.21. The van der Waals surface area contributed by atoms with Crippen LogP contribution in [0.5, 0.6) is 0 Å². The van der Waals surface area contributed by atoms with Crippen LogP contribution >= 0.6 is 0 Å². The first-order valence-electron chi connectivity index (χ1n) is 7.36. The van der Waals surface area contributed by atoms with Gasteiger partial charge in [0.1, 0.15) is 0 Å². The molecule has 2 heterocycles. The van der Waals surface area contributed by atoms with Crippen molar-refractivity contribution in [2.24, 2.45) is 0 Å². The fourth-order valence-electron chi connectivity index (χ4n) is 2.78. The smallest absolute Gasteiger partial charge is 0.251 e. The molecule has 0 spiro atoms. The van der Waals surface area contributed by atoms with Crippen LogP contribution in [0.15, 0.2) is 36.9 Å². The van der Waals surface area contributed by atoms with Gasteiger partial charge < -0.3 is 15.2 Å². The number of benzene rings is 1. The van der Waals surface area contributed by atoms with Crippen LogP contribution in [0.4, 0.5) is 5.69 Å². The van der Waals surface area contributed by atoms with E-state index in [1.165, 1.54) is 0 Å². The zero-order chi connectivity index (χ0) is 14.7.